The summed E-state index contributed by atoms with van der Waals surface area (Å²) in [6.07, 6.45) is 12.4. The molecule has 0 radical (unpaired) electrons. The number of benzene rings is 1. The van der Waals surface area contributed by atoms with Crippen molar-refractivity contribution in [1.82, 2.24) is 14.5 Å². The van der Waals surface area contributed by atoms with Gasteiger partial charge in [0.1, 0.15) is 5.69 Å². The molecule has 1 aliphatic rings. The van der Waals surface area contributed by atoms with Crippen molar-refractivity contribution in [3.05, 3.63) is 71.0 Å². The van der Waals surface area contributed by atoms with Crippen molar-refractivity contribution >= 4 is 5.95 Å². The summed E-state index contributed by atoms with van der Waals surface area (Å²) in [5.74, 6) is 2.94. The van der Waals surface area contributed by atoms with Crippen LogP contribution in [-0.2, 0) is 0 Å². The van der Waals surface area contributed by atoms with E-state index < -0.39 is 5.82 Å². The van der Waals surface area contributed by atoms with Crippen LogP contribution >= 0.6 is 0 Å². The van der Waals surface area contributed by atoms with Gasteiger partial charge in [0.05, 0.1) is 6.20 Å². The maximum atomic E-state index is 14.5. The summed E-state index contributed by atoms with van der Waals surface area (Å²) in [6, 6.07) is 12.2. The van der Waals surface area contributed by atoms with E-state index in [9.17, 15) is 9.18 Å². The van der Waals surface area contributed by atoms with Crippen LogP contribution in [0.3, 0.4) is 0 Å². The molecule has 2 atom stereocenters. The molecule has 1 saturated carbocycles. The molecule has 6 heteroatoms. The zero-order chi connectivity index (χ0) is 20.2. The second-order valence-electron chi connectivity index (χ2n) is 7.22. The van der Waals surface area contributed by atoms with E-state index in [0.717, 1.165) is 25.7 Å². The highest BCUT2D eigenvalue weighted by atomic mass is 19.1. The van der Waals surface area contributed by atoms with E-state index >= 15 is 0 Å². The third-order valence-electron chi connectivity index (χ3n) is 5.21. The van der Waals surface area contributed by atoms with E-state index in [1.807, 2.05) is 0 Å². The molecule has 0 aliphatic heterocycles. The first kappa shape index (κ1) is 18.9. The summed E-state index contributed by atoms with van der Waals surface area (Å²) >= 11 is 0. The fourth-order valence-electron chi connectivity index (χ4n) is 3.74. The quantitative estimate of drug-likeness (QED) is 0.686. The molecule has 1 aliphatic carbocycles. The summed E-state index contributed by atoms with van der Waals surface area (Å²) < 4.78 is 16.0. The highest BCUT2D eigenvalue weighted by Crippen LogP contribution is 2.27. The number of aromatic nitrogens is 3. The van der Waals surface area contributed by atoms with Gasteiger partial charge in [0, 0.05) is 35.5 Å². The monoisotopic (exact) mass is 388 g/mol. The molecule has 4 rings (SSSR count). The van der Waals surface area contributed by atoms with Crippen molar-refractivity contribution in [3.8, 4) is 29.3 Å². The van der Waals surface area contributed by atoms with Gasteiger partial charge in [-0.15, -0.1) is 12.3 Å². The van der Waals surface area contributed by atoms with Crippen LogP contribution in [0.2, 0.25) is 0 Å². The first-order valence-corrected chi connectivity index (χ1v) is 9.68. The molecule has 2 aromatic heterocycles. The Morgan fingerprint density at radius 2 is 2.10 bits per heavy atom. The van der Waals surface area contributed by atoms with E-state index in [4.69, 9.17) is 6.42 Å². The van der Waals surface area contributed by atoms with E-state index in [-0.39, 0.29) is 23.2 Å². The summed E-state index contributed by atoms with van der Waals surface area (Å²) in [4.78, 5) is 20.6. The lowest BCUT2D eigenvalue weighted by Crippen LogP contribution is -2.27. The molecule has 0 saturated heterocycles. The Kier molecular flexibility index (Phi) is 5.39. The molecule has 0 spiro atoms. The first-order valence-electron chi connectivity index (χ1n) is 9.68. The second-order valence-corrected chi connectivity index (χ2v) is 7.22. The van der Waals surface area contributed by atoms with Gasteiger partial charge in [-0.05, 0) is 37.5 Å². The van der Waals surface area contributed by atoms with Gasteiger partial charge in [-0.25, -0.2) is 14.4 Å². The molecule has 0 amide bonds. The second kappa shape index (κ2) is 8.27. The molecule has 0 unspecified atom stereocenters. The Balaban J connectivity index is 1.63. The van der Waals surface area contributed by atoms with Crippen molar-refractivity contribution in [2.24, 2.45) is 5.92 Å². The van der Waals surface area contributed by atoms with Gasteiger partial charge in [-0.3, -0.25) is 9.36 Å². The lowest BCUT2D eigenvalue weighted by atomic mass is 9.86. The van der Waals surface area contributed by atoms with Crippen LogP contribution in [0, 0.1) is 24.1 Å². The number of nitrogens with one attached hydrogen (secondary N) is 1. The predicted molar refractivity (Wildman–Crippen MR) is 111 cm³/mol. The zero-order valence-corrected chi connectivity index (χ0v) is 15.9. The maximum absolute atomic E-state index is 14.5. The molecule has 5 nitrogen and oxygen atoms in total. The topological polar surface area (TPSA) is 59.8 Å². The molecule has 3 aromatic rings. The number of halogens is 1. The van der Waals surface area contributed by atoms with Crippen LogP contribution in [-0.4, -0.2) is 20.6 Å². The summed E-state index contributed by atoms with van der Waals surface area (Å²) in [7, 11) is 0. The van der Waals surface area contributed by atoms with E-state index in [1.165, 1.54) is 16.8 Å². The third kappa shape index (κ3) is 4.19. The minimum atomic E-state index is -0.516. The molecular weight excluding hydrogens is 367 g/mol. The largest absolute Gasteiger partial charge is 0.351 e. The number of terminal acetylenes is 1. The molecule has 2 heterocycles. The minimum absolute atomic E-state index is 0.157. The summed E-state index contributed by atoms with van der Waals surface area (Å²) in [6.45, 7) is 0. The van der Waals surface area contributed by atoms with Crippen LogP contribution in [0.1, 0.15) is 25.7 Å². The molecule has 0 bridgehead atoms. The molecule has 1 fully saturated rings. The van der Waals surface area contributed by atoms with E-state index in [0.29, 0.717) is 17.2 Å². The zero-order valence-electron chi connectivity index (χ0n) is 15.9. The lowest BCUT2D eigenvalue weighted by Gasteiger charge is -2.26. The van der Waals surface area contributed by atoms with Gasteiger partial charge < -0.3 is 5.32 Å². The van der Waals surface area contributed by atoms with Crippen molar-refractivity contribution < 1.29 is 4.39 Å². The fraction of sp³-hybridized carbons (Fsp3) is 0.261. The average molecular weight is 388 g/mol. The molecule has 1 aromatic carbocycles. The predicted octanol–water partition coefficient (Wildman–Crippen LogP) is 4.04. The first-order chi connectivity index (χ1) is 14.1. The van der Waals surface area contributed by atoms with Gasteiger partial charge in [-0.1, -0.05) is 24.6 Å². The smallest absolute Gasteiger partial charge is 0.255 e. The standard InChI is InChI=1S/C23H21FN4O/c1-2-16-7-5-9-18(13-16)26-23-25-15-20(24)22(27-23)17-8-6-10-19(14-17)28-12-4-3-11-21(28)29/h1,3-4,6,8,10-12,14-16,18H,5,7,9,13H2,(H,25,26,27)/t16-,18+/m1/s1. The summed E-state index contributed by atoms with van der Waals surface area (Å²) in [5, 5.41) is 3.30. The Hall–Kier alpha value is -3.46. The minimum Gasteiger partial charge on any atom is -0.351 e. The van der Waals surface area contributed by atoms with Gasteiger partial charge in [0.2, 0.25) is 5.95 Å². The maximum Gasteiger partial charge on any atom is 0.255 e. The lowest BCUT2D eigenvalue weighted by molar-refractivity contribution is 0.397. The van der Waals surface area contributed by atoms with Gasteiger partial charge in [-0.2, -0.15) is 0 Å². The van der Waals surface area contributed by atoms with Gasteiger partial charge in [0.25, 0.3) is 5.56 Å². The number of anilines is 1. The Morgan fingerprint density at radius 1 is 1.21 bits per heavy atom. The van der Waals surface area contributed by atoms with Crippen molar-refractivity contribution in [3.63, 3.8) is 0 Å². The highest BCUT2D eigenvalue weighted by Gasteiger charge is 2.21. The van der Waals surface area contributed by atoms with Crippen LogP contribution in [0.15, 0.2) is 59.7 Å². The SMILES string of the molecule is C#C[C@@H]1CCC[C@H](Nc2ncc(F)c(-c3cccc(-n4ccccc4=O)c3)n2)C1. The van der Waals surface area contributed by atoms with E-state index in [2.05, 4.69) is 21.2 Å². The van der Waals surface area contributed by atoms with Crippen LogP contribution in [0.5, 0.6) is 0 Å². The van der Waals surface area contributed by atoms with Crippen LogP contribution < -0.4 is 10.9 Å². The van der Waals surface area contributed by atoms with Gasteiger partial charge in [0.15, 0.2) is 5.82 Å². The molecule has 29 heavy (non-hydrogen) atoms. The Morgan fingerprint density at radius 3 is 2.93 bits per heavy atom. The van der Waals surface area contributed by atoms with Crippen molar-refractivity contribution in [2.75, 3.05) is 5.32 Å². The average Bonchev–Trinajstić information content (AvgIpc) is 2.75. The number of hydrogen-bond acceptors (Lipinski definition) is 4. The van der Waals surface area contributed by atoms with Crippen molar-refractivity contribution in [2.45, 2.75) is 31.7 Å². The molecule has 146 valence electrons. The number of hydrogen-bond donors (Lipinski definition) is 1. The summed E-state index contributed by atoms with van der Waals surface area (Å²) in [5.41, 5.74) is 1.25. The number of pyridine rings is 1. The molecule has 1 N–H and O–H groups in total. The number of nitrogens with zero attached hydrogens (tertiary/aromatic N) is 3. The fourth-order valence-corrected chi connectivity index (χ4v) is 3.74. The van der Waals surface area contributed by atoms with Gasteiger partial charge >= 0.3 is 0 Å². The Bertz CT molecular complexity index is 1120. The third-order valence-corrected chi connectivity index (χ3v) is 5.21. The molecular formula is C23H21FN4O. The van der Waals surface area contributed by atoms with Crippen LogP contribution in [0.25, 0.3) is 16.9 Å². The highest BCUT2D eigenvalue weighted by molar-refractivity contribution is 5.63. The Labute approximate surface area is 168 Å². The van der Waals surface area contributed by atoms with E-state index in [1.54, 1.807) is 42.6 Å². The van der Waals surface area contributed by atoms with Crippen molar-refractivity contribution in [1.29, 1.82) is 0 Å². The normalized spacial score (nSPS) is 18.8. The number of rotatable bonds is 4. The van der Waals surface area contributed by atoms with Crippen LogP contribution in [0.4, 0.5) is 10.3 Å².